The van der Waals surface area contributed by atoms with Crippen LogP contribution in [-0.2, 0) is 0 Å². The highest BCUT2D eigenvalue weighted by Crippen LogP contribution is 2.26. The van der Waals surface area contributed by atoms with E-state index in [1.54, 1.807) is 6.33 Å². The Hall–Kier alpha value is -1.49. The second-order valence-corrected chi connectivity index (χ2v) is 5.30. The van der Waals surface area contributed by atoms with Crippen LogP contribution in [0.15, 0.2) is 24.5 Å². The molecule has 4 nitrogen and oxygen atoms in total. The van der Waals surface area contributed by atoms with Gasteiger partial charge in [0.2, 0.25) is 0 Å². The molecule has 2 heterocycles. The summed E-state index contributed by atoms with van der Waals surface area (Å²) in [5.41, 5.74) is 7.57. The van der Waals surface area contributed by atoms with Crippen molar-refractivity contribution in [1.29, 1.82) is 0 Å². The van der Waals surface area contributed by atoms with Crippen LogP contribution < -0.4 is 10.6 Å². The third-order valence-electron chi connectivity index (χ3n) is 2.95. The third kappa shape index (κ3) is 2.02. The summed E-state index contributed by atoms with van der Waals surface area (Å²) >= 11 is 1.99. The number of hydrogen-bond acceptors (Lipinski definition) is 5. The van der Waals surface area contributed by atoms with Crippen molar-refractivity contribution >= 4 is 34.2 Å². The van der Waals surface area contributed by atoms with E-state index >= 15 is 0 Å². The second kappa shape index (κ2) is 4.41. The smallest absolute Gasteiger partial charge is 0.140 e. The average Bonchev–Trinajstić information content (AvgIpc) is 2.39. The molecular formula is C12H14N4S. The Morgan fingerprint density at radius 1 is 1.18 bits per heavy atom. The SMILES string of the molecule is Nc1ccc2ncnc(N3CCSCC3)c2c1. The lowest BCUT2D eigenvalue weighted by molar-refractivity contribution is 0.842. The van der Waals surface area contributed by atoms with E-state index in [-0.39, 0.29) is 0 Å². The predicted molar refractivity (Wildman–Crippen MR) is 73.5 cm³/mol. The first-order chi connectivity index (χ1) is 8.34. The molecule has 1 aliphatic rings. The van der Waals surface area contributed by atoms with Crippen LogP contribution in [0, 0.1) is 0 Å². The van der Waals surface area contributed by atoms with E-state index in [1.165, 1.54) is 0 Å². The maximum Gasteiger partial charge on any atom is 0.140 e. The van der Waals surface area contributed by atoms with Crippen molar-refractivity contribution in [3.8, 4) is 0 Å². The highest BCUT2D eigenvalue weighted by atomic mass is 32.2. The lowest BCUT2D eigenvalue weighted by Gasteiger charge is -2.28. The number of hydrogen-bond donors (Lipinski definition) is 1. The number of anilines is 2. The van der Waals surface area contributed by atoms with Crippen molar-refractivity contribution in [1.82, 2.24) is 9.97 Å². The molecule has 5 heteroatoms. The van der Waals surface area contributed by atoms with Crippen LogP contribution in [0.4, 0.5) is 11.5 Å². The molecule has 0 spiro atoms. The molecule has 0 aliphatic carbocycles. The molecule has 2 N–H and O–H groups in total. The van der Waals surface area contributed by atoms with Gasteiger partial charge in [0, 0.05) is 35.7 Å². The van der Waals surface area contributed by atoms with Crippen molar-refractivity contribution in [3.63, 3.8) is 0 Å². The highest BCUT2D eigenvalue weighted by molar-refractivity contribution is 7.99. The molecule has 0 atom stereocenters. The number of nitrogens with two attached hydrogens (primary N) is 1. The van der Waals surface area contributed by atoms with Gasteiger partial charge in [0.15, 0.2) is 0 Å². The minimum Gasteiger partial charge on any atom is -0.399 e. The molecule has 3 rings (SSSR count). The standard InChI is InChI=1S/C12H14N4S/c13-9-1-2-11-10(7-9)12(15-8-14-11)16-3-5-17-6-4-16/h1-2,7-8H,3-6,13H2. The van der Waals surface area contributed by atoms with Gasteiger partial charge >= 0.3 is 0 Å². The summed E-state index contributed by atoms with van der Waals surface area (Å²) in [6.45, 7) is 2.09. The molecule has 0 unspecified atom stereocenters. The Labute approximate surface area is 104 Å². The minimum atomic E-state index is 0.764. The van der Waals surface area contributed by atoms with Gasteiger partial charge in [0.25, 0.3) is 0 Å². The minimum absolute atomic E-state index is 0.764. The number of nitrogen functional groups attached to an aromatic ring is 1. The van der Waals surface area contributed by atoms with Crippen molar-refractivity contribution < 1.29 is 0 Å². The van der Waals surface area contributed by atoms with Gasteiger partial charge in [-0.15, -0.1) is 0 Å². The van der Waals surface area contributed by atoms with Gasteiger partial charge in [-0.1, -0.05) is 0 Å². The van der Waals surface area contributed by atoms with Crippen LogP contribution >= 0.6 is 11.8 Å². The topological polar surface area (TPSA) is 55.0 Å². The first-order valence-electron chi connectivity index (χ1n) is 5.67. The number of aromatic nitrogens is 2. The fourth-order valence-electron chi connectivity index (χ4n) is 2.09. The summed E-state index contributed by atoms with van der Waals surface area (Å²) in [6, 6.07) is 5.80. The van der Waals surface area contributed by atoms with E-state index in [0.29, 0.717) is 0 Å². The van der Waals surface area contributed by atoms with E-state index in [0.717, 1.165) is 47.0 Å². The first kappa shape index (κ1) is 10.7. The van der Waals surface area contributed by atoms with Crippen LogP contribution in [-0.4, -0.2) is 34.6 Å². The van der Waals surface area contributed by atoms with E-state index in [4.69, 9.17) is 5.73 Å². The first-order valence-corrected chi connectivity index (χ1v) is 6.83. The highest BCUT2D eigenvalue weighted by Gasteiger charge is 2.15. The number of rotatable bonds is 1. The molecule has 0 radical (unpaired) electrons. The maximum absolute atomic E-state index is 5.84. The molecule has 1 aromatic heterocycles. The largest absolute Gasteiger partial charge is 0.399 e. The van der Waals surface area contributed by atoms with Gasteiger partial charge in [-0.3, -0.25) is 0 Å². The Kier molecular flexibility index (Phi) is 2.76. The molecule has 0 bridgehead atoms. The van der Waals surface area contributed by atoms with Crippen LogP contribution in [0.3, 0.4) is 0 Å². The van der Waals surface area contributed by atoms with Gasteiger partial charge in [0.05, 0.1) is 5.52 Å². The van der Waals surface area contributed by atoms with Crippen LogP contribution in [0.5, 0.6) is 0 Å². The van der Waals surface area contributed by atoms with Crippen molar-refractivity contribution in [2.45, 2.75) is 0 Å². The van der Waals surface area contributed by atoms with E-state index in [9.17, 15) is 0 Å². The Bertz CT molecular complexity index is 537. The fraction of sp³-hybridized carbons (Fsp3) is 0.333. The Morgan fingerprint density at radius 3 is 2.82 bits per heavy atom. The quantitative estimate of drug-likeness (QED) is 0.777. The van der Waals surface area contributed by atoms with Gasteiger partial charge in [0.1, 0.15) is 12.1 Å². The fourth-order valence-corrected chi connectivity index (χ4v) is 2.99. The van der Waals surface area contributed by atoms with Crippen molar-refractivity contribution in [3.05, 3.63) is 24.5 Å². The van der Waals surface area contributed by atoms with Gasteiger partial charge in [-0.05, 0) is 18.2 Å². The lowest BCUT2D eigenvalue weighted by atomic mass is 10.2. The zero-order valence-corrected chi connectivity index (χ0v) is 10.3. The molecule has 0 amide bonds. The maximum atomic E-state index is 5.84. The molecule has 1 aliphatic heterocycles. The summed E-state index contributed by atoms with van der Waals surface area (Å²) < 4.78 is 0. The molecule has 1 saturated heterocycles. The lowest BCUT2D eigenvalue weighted by Crippen LogP contribution is -2.33. The van der Waals surface area contributed by atoms with Crippen molar-refractivity contribution in [2.75, 3.05) is 35.2 Å². The van der Waals surface area contributed by atoms with Crippen LogP contribution in [0.2, 0.25) is 0 Å². The normalized spacial score (nSPS) is 16.4. The molecule has 17 heavy (non-hydrogen) atoms. The predicted octanol–water partition coefficient (Wildman–Crippen LogP) is 1.77. The Morgan fingerprint density at radius 2 is 2.00 bits per heavy atom. The summed E-state index contributed by atoms with van der Waals surface area (Å²) in [5.74, 6) is 3.34. The number of benzene rings is 1. The van der Waals surface area contributed by atoms with Crippen molar-refractivity contribution in [2.24, 2.45) is 0 Å². The van der Waals surface area contributed by atoms with Crippen LogP contribution in [0.25, 0.3) is 10.9 Å². The summed E-state index contributed by atoms with van der Waals surface area (Å²) in [5, 5.41) is 1.06. The summed E-state index contributed by atoms with van der Waals surface area (Å²) in [6.07, 6.45) is 1.63. The molecule has 88 valence electrons. The zero-order valence-electron chi connectivity index (χ0n) is 9.47. The third-order valence-corrected chi connectivity index (χ3v) is 3.89. The molecular weight excluding hydrogens is 232 g/mol. The average molecular weight is 246 g/mol. The summed E-state index contributed by atoms with van der Waals surface area (Å²) in [7, 11) is 0. The molecule has 2 aromatic rings. The monoisotopic (exact) mass is 246 g/mol. The van der Waals surface area contributed by atoms with Gasteiger partial charge < -0.3 is 10.6 Å². The Balaban J connectivity index is 2.11. The molecule has 0 saturated carbocycles. The second-order valence-electron chi connectivity index (χ2n) is 4.07. The van der Waals surface area contributed by atoms with Crippen LogP contribution in [0.1, 0.15) is 0 Å². The number of fused-ring (bicyclic) bond motifs is 1. The van der Waals surface area contributed by atoms with Gasteiger partial charge in [-0.25, -0.2) is 9.97 Å². The summed E-state index contributed by atoms with van der Waals surface area (Å²) in [4.78, 5) is 11.0. The van der Waals surface area contributed by atoms with E-state index < -0.39 is 0 Å². The zero-order chi connectivity index (χ0) is 11.7. The number of nitrogens with zero attached hydrogens (tertiary/aromatic N) is 3. The molecule has 1 aromatic carbocycles. The number of thioether (sulfide) groups is 1. The van der Waals surface area contributed by atoms with Gasteiger partial charge in [-0.2, -0.15) is 11.8 Å². The molecule has 1 fully saturated rings. The van der Waals surface area contributed by atoms with E-state index in [1.807, 2.05) is 30.0 Å². The van der Waals surface area contributed by atoms with E-state index in [2.05, 4.69) is 14.9 Å².